The topological polar surface area (TPSA) is 101 Å². The van der Waals surface area contributed by atoms with Gasteiger partial charge in [-0.2, -0.15) is 0 Å². The maximum Gasteiger partial charge on any atom is 0.315 e. The number of carbonyl (C=O) groups excluding carboxylic acids is 1. The number of carbonyl (C=O) groups is 1. The van der Waals surface area contributed by atoms with Gasteiger partial charge in [-0.15, -0.1) is 0 Å². The quantitative estimate of drug-likeness (QED) is 0.802. The Balaban J connectivity index is 1.78. The fraction of sp³-hybridized carbons (Fsp3) is 0.571. The number of ether oxygens (including phenoxy) is 1. The van der Waals surface area contributed by atoms with Gasteiger partial charge in [0.15, 0.2) is 0 Å². The average molecular weight is 342 g/mol. The minimum absolute atomic E-state index is 0.0243. The minimum atomic E-state index is -3.15. The maximum absolute atomic E-state index is 11.9. The largest absolute Gasteiger partial charge is 0.481 e. The van der Waals surface area contributed by atoms with Crippen molar-refractivity contribution in [2.75, 3.05) is 26.5 Å². The highest BCUT2D eigenvalue weighted by Crippen LogP contribution is 2.14. The number of nitrogens with zero attached hydrogens (tertiary/aromatic N) is 2. The van der Waals surface area contributed by atoms with Crippen molar-refractivity contribution in [3.8, 4) is 5.88 Å². The van der Waals surface area contributed by atoms with Crippen molar-refractivity contribution in [1.29, 1.82) is 0 Å². The molecule has 1 saturated heterocycles. The summed E-state index contributed by atoms with van der Waals surface area (Å²) in [5.41, 5.74) is 0.789. The molecule has 0 saturated carbocycles. The third-order valence-electron chi connectivity index (χ3n) is 3.74. The van der Waals surface area contributed by atoms with Crippen LogP contribution in [-0.4, -0.2) is 56.2 Å². The molecule has 2 heterocycles. The fourth-order valence-electron chi connectivity index (χ4n) is 2.49. The second-order valence-corrected chi connectivity index (χ2v) is 7.42. The summed E-state index contributed by atoms with van der Waals surface area (Å²) in [7, 11) is -1.62. The molecule has 0 aliphatic carbocycles. The van der Waals surface area contributed by atoms with Gasteiger partial charge in [0.1, 0.15) is 0 Å². The van der Waals surface area contributed by atoms with E-state index in [2.05, 4.69) is 15.6 Å². The lowest BCUT2D eigenvalue weighted by atomic mass is 10.1. The lowest BCUT2D eigenvalue weighted by Gasteiger charge is -2.30. The fourth-order valence-corrected chi connectivity index (χ4v) is 3.36. The molecular formula is C14H22N4O4S. The van der Waals surface area contributed by atoms with Crippen LogP contribution in [0.1, 0.15) is 18.4 Å². The Morgan fingerprint density at radius 2 is 2.13 bits per heavy atom. The highest BCUT2D eigenvalue weighted by atomic mass is 32.2. The van der Waals surface area contributed by atoms with Gasteiger partial charge in [0.2, 0.25) is 15.9 Å². The molecule has 0 aromatic carbocycles. The van der Waals surface area contributed by atoms with Gasteiger partial charge >= 0.3 is 6.03 Å². The standard InChI is InChI=1S/C14H22N4O4S/c1-22-13-11(4-3-7-15-13)10-16-14(19)17-12-5-8-18(9-6-12)23(2,20)21/h3-4,7,12H,5-6,8-10H2,1-2H3,(H2,16,17,19). The van der Waals surface area contributed by atoms with Crippen molar-refractivity contribution < 1.29 is 17.9 Å². The predicted octanol–water partition coefficient (Wildman–Crippen LogP) is 0.313. The normalized spacial score (nSPS) is 16.8. The van der Waals surface area contributed by atoms with Crippen molar-refractivity contribution >= 4 is 16.1 Å². The molecular weight excluding hydrogens is 320 g/mol. The Hall–Kier alpha value is -1.87. The van der Waals surface area contributed by atoms with E-state index in [-0.39, 0.29) is 12.1 Å². The monoisotopic (exact) mass is 342 g/mol. The van der Waals surface area contributed by atoms with E-state index in [0.717, 1.165) is 5.56 Å². The van der Waals surface area contributed by atoms with Crippen molar-refractivity contribution in [3.63, 3.8) is 0 Å². The van der Waals surface area contributed by atoms with Crippen LogP contribution < -0.4 is 15.4 Å². The first-order valence-electron chi connectivity index (χ1n) is 7.37. The molecule has 2 rings (SSSR count). The van der Waals surface area contributed by atoms with Gasteiger partial charge in [0, 0.05) is 37.4 Å². The summed E-state index contributed by atoms with van der Waals surface area (Å²) in [5.74, 6) is 0.481. The molecule has 0 atom stereocenters. The van der Waals surface area contributed by atoms with Gasteiger partial charge in [-0.05, 0) is 18.9 Å². The lowest BCUT2D eigenvalue weighted by molar-refractivity contribution is 0.227. The van der Waals surface area contributed by atoms with Crippen LogP contribution in [0.5, 0.6) is 5.88 Å². The summed E-state index contributed by atoms with van der Waals surface area (Å²) in [6, 6.07) is 3.30. The molecule has 0 unspecified atom stereocenters. The third-order valence-corrected chi connectivity index (χ3v) is 5.04. The zero-order valence-corrected chi connectivity index (χ0v) is 14.1. The Morgan fingerprint density at radius 1 is 1.43 bits per heavy atom. The molecule has 1 aliphatic rings. The summed E-state index contributed by atoms with van der Waals surface area (Å²) in [4.78, 5) is 16.0. The second kappa shape index (κ2) is 7.60. The van der Waals surface area contributed by atoms with Crippen molar-refractivity contribution in [1.82, 2.24) is 19.9 Å². The van der Waals surface area contributed by atoms with E-state index in [4.69, 9.17) is 4.74 Å². The van der Waals surface area contributed by atoms with Crippen LogP contribution in [0.3, 0.4) is 0 Å². The Labute approximate surface area is 136 Å². The van der Waals surface area contributed by atoms with Gasteiger partial charge < -0.3 is 15.4 Å². The van der Waals surface area contributed by atoms with E-state index >= 15 is 0 Å². The van der Waals surface area contributed by atoms with E-state index in [0.29, 0.717) is 38.4 Å². The van der Waals surface area contributed by atoms with Crippen LogP contribution in [0.2, 0.25) is 0 Å². The second-order valence-electron chi connectivity index (χ2n) is 5.44. The zero-order chi connectivity index (χ0) is 16.9. The van der Waals surface area contributed by atoms with Crippen LogP contribution in [-0.2, 0) is 16.6 Å². The summed E-state index contributed by atoms with van der Waals surface area (Å²) in [6.45, 7) is 1.17. The first-order valence-corrected chi connectivity index (χ1v) is 9.22. The zero-order valence-electron chi connectivity index (χ0n) is 13.3. The van der Waals surface area contributed by atoms with E-state index in [1.807, 2.05) is 6.07 Å². The first kappa shape index (κ1) is 17.5. The van der Waals surface area contributed by atoms with E-state index in [9.17, 15) is 13.2 Å². The van der Waals surface area contributed by atoms with Gasteiger partial charge in [0.25, 0.3) is 0 Å². The van der Waals surface area contributed by atoms with Gasteiger partial charge in [-0.3, -0.25) is 0 Å². The molecule has 1 aliphatic heterocycles. The number of methoxy groups -OCH3 is 1. The number of rotatable bonds is 5. The minimum Gasteiger partial charge on any atom is -0.481 e. The van der Waals surface area contributed by atoms with Gasteiger partial charge in [0.05, 0.1) is 13.4 Å². The smallest absolute Gasteiger partial charge is 0.315 e. The summed E-state index contributed by atoms with van der Waals surface area (Å²) < 4.78 is 29.4. The number of piperidine rings is 1. The molecule has 0 bridgehead atoms. The number of urea groups is 1. The highest BCUT2D eigenvalue weighted by Gasteiger charge is 2.25. The molecule has 1 fully saturated rings. The molecule has 1 aromatic heterocycles. The van der Waals surface area contributed by atoms with Crippen molar-refractivity contribution in [2.24, 2.45) is 0 Å². The van der Waals surface area contributed by atoms with Gasteiger partial charge in [-0.1, -0.05) is 6.07 Å². The number of aromatic nitrogens is 1. The molecule has 0 spiro atoms. The Bertz CT molecular complexity index is 642. The van der Waals surface area contributed by atoms with Crippen LogP contribution in [0.15, 0.2) is 18.3 Å². The highest BCUT2D eigenvalue weighted by molar-refractivity contribution is 7.88. The van der Waals surface area contributed by atoms with E-state index in [1.54, 1.807) is 12.3 Å². The van der Waals surface area contributed by atoms with Crippen LogP contribution in [0.4, 0.5) is 4.79 Å². The number of amides is 2. The molecule has 0 radical (unpaired) electrons. The molecule has 9 heteroatoms. The molecule has 2 N–H and O–H groups in total. The summed E-state index contributed by atoms with van der Waals surface area (Å²) in [6.07, 6.45) is 4.04. The molecule has 2 amide bonds. The van der Waals surface area contributed by atoms with Crippen LogP contribution >= 0.6 is 0 Å². The number of nitrogens with one attached hydrogen (secondary N) is 2. The maximum atomic E-state index is 11.9. The number of pyridine rings is 1. The van der Waals surface area contributed by atoms with Crippen molar-refractivity contribution in [2.45, 2.75) is 25.4 Å². The van der Waals surface area contributed by atoms with E-state index < -0.39 is 10.0 Å². The lowest BCUT2D eigenvalue weighted by Crippen LogP contribution is -2.48. The predicted molar refractivity (Wildman–Crippen MR) is 85.6 cm³/mol. The molecule has 128 valence electrons. The molecule has 23 heavy (non-hydrogen) atoms. The van der Waals surface area contributed by atoms with E-state index in [1.165, 1.54) is 17.7 Å². The average Bonchev–Trinajstić information content (AvgIpc) is 2.53. The Morgan fingerprint density at radius 3 is 2.74 bits per heavy atom. The SMILES string of the molecule is COc1ncccc1CNC(=O)NC1CCN(S(C)(=O)=O)CC1. The number of hydrogen-bond acceptors (Lipinski definition) is 5. The summed E-state index contributed by atoms with van der Waals surface area (Å²) in [5, 5.41) is 5.63. The van der Waals surface area contributed by atoms with Crippen LogP contribution in [0, 0.1) is 0 Å². The number of hydrogen-bond donors (Lipinski definition) is 2. The third kappa shape index (κ3) is 5.07. The first-order chi connectivity index (χ1) is 10.9. The molecule has 8 nitrogen and oxygen atoms in total. The summed E-state index contributed by atoms with van der Waals surface area (Å²) >= 11 is 0. The number of sulfonamides is 1. The van der Waals surface area contributed by atoms with Crippen LogP contribution in [0.25, 0.3) is 0 Å². The Kier molecular flexibility index (Phi) is 5.78. The van der Waals surface area contributed by atoms with Crippen molar-refractivity contribution in [3.05, 3.63) is 23.9 Å². The van der Waals surface area contributed by atoms with Gasteiger partial charge in [-0.25, -0.2) is 22.5 Å². The molecule has 1 aromatic rings.